The van der Waals surface area contributed by atoms with Gasteiger partial charge in [0, 0.05) is 19.1 Å². The van der Waals surface area contributed by atoms with E-state index in [1.165, 1.54) is 11.8 Å². The number of nitrogens with zero attached hydrogens (tertiary/aromatic N) is 2. The van der Waals surface area contributed by atoms with Crippen LogP contribution in [0.2, 0.25) is 0 Å². The molecule has 0 aromatic rings. The minimum Gasteiger partial charge on any atom is -0.481 e. The molecule has 0 unspecified atom stereocenters. The Kier molecular flexibility index (Phi) is 5.77. The van der Waals surface area contributed by atoms with Crippen LogP contribution in [0.15, 0.2) is 0 Å². The lowest BCUT2D eigenvalue weighted by Gasteiger charge is -2.35. The molecule has 0 saturated carbocycles. The Labute approximate surface area is 106 Å². The number of carbonyl (C=O) groups excluding carboxylic acids is 1. The summed E-state index contributed by atoms with van der Waals surface area (Å²) in [7, 11) is 4.12. The van der Waals surface area contributed by atoms with Crippen LogP contribution in [-0.4, -0.2) is 71.5 Å². The lowest BCUT2D eigenvalue weighted by Crippen LogP contribution is -2.45. The van der Waals surface area contributed by atoms with E-state index < -0.39 is 5.97 Å². The number of piperidine rings is 1. The fourth-order valence-corrected chi connectivity index (χ4v) is 2.58. The van der Waals surface area contributed by atoms with E-state index in [0.717, 1.165) is 25.9 Å². The van der Waals surface area contributed by atoms with E-state index in [4.69, 9.17) is 5.11 Å². The number of carboxylic acid groups (broad SMARTS) is 1. The van der Waals surface area contributed by atoms with Gasteiger partial charge in [0.1, 0.15) is 0 Å². The van der Waals surface area contributed by atoms with Crippen molar-refractivity contribution in [2.45, 2.75) is 18.9 Å². The van der Waals surface area contributed by atoms with Crippen molar-refractivity contribution in [3.8, 4) is 0 Å². The molecule has 0 spiro atoms. The Balaban J connectivity index is 2.24. The monoisotopic (exact) mass is 260 g/mol. The van der Waals surface area contributed by atoms with E-state index in [1.54, 1.807) is 0 Å². The molecule has 1 fully saturated rings. The van der Waals surface area contributed by atoms with Crippen LogP contribution >= 0.6 is 11.8 Å². The van der Waals surface area contributed by atoms with E-state index in [1.807, 2.05) is 4.90 Å². The first-order valence-electron chi connectivity index (χ1n) is 5.74. The minimum atomic E-state index is -0.867. The van der Waals surface area contributed by atoms with Gasteiger partial charge in [0.25, 0.3) is 0 Å². The molecule has 0 atom stereocenters. The highest BCUT2D eigenvalue weighted by Crippen LogP contribution is 2.15. The Morgan fingerprint density at radius 3 is 2.35 bits per heavy atom. The zero-order valence-corrected chi connectivity index (χ0v) is 11.2. The molecule has 0 radical (unpaired) electrons. The third kappa shape index (κ3) is 4.95. The summed E-state index contributed by atoms with van der Waals surface area (Å²) in [6, 6.07) is 0.561. The molecule has 1 N–H and O–H groups in total. The minimum absolute atomic E-state index is 0.0000965. The average molecular weight is 260 g/mol. The van der Waals surface area contributed by atoms with Gasteiger partial charge in [-0.1, -0.05) is 0 Å². The molecule has 0 aliphatic carbocycles. The van der Waals surface area contributed by atoms with Gasteiger partial charge in [0.05, 0.1) is 11.5 Å². The molecule has 1 rings (SSSR count). The number of carbonyl (C=O) groups is 2. The van der Waals surface area contributed by atoms with E-state index in [2.05, 4.69) is 19.0 Å². The molecule has 1 aliphatic rings. The van der Waals surface area contributed by atoms with E-state index in [-0.39, 0.29) is 17.4 Å². The van der Waals surface area contributed by atoms with Crippen molar-refractivity contribution in [2.24, 2.45) is 0 Å². The van der Waals surface area contributed by atoms with Gasteiger partial charge >= 0.3 is 5.97 Å². The largest absolute Gasteiger partial charge is 0.481 e. The highest BCUT2D eigenvalue weighted by Gasteiger charge is 2.23. The molecule has 5 nitrogen and oxygen atoms in total. The summed E-state index contributed by atoms with van der Waals surface area (Å²) in [5.41, 5.74) is 0. The fourth-order valence-electron chi connectivity index (χ4n) is 1.95. The number of aliphatic carboxylic acids is 1. The summed E-state index contributed by atoms with van der Waals surface area (Å²) in [5.74, 6) is -0.527. The number of carboxylic acids is 1. The van der Waals surface area contributed by atoms with Crippen molar-refractivity contribution in [2.75, 3.05) is 38.7 Å². The summed E-state index contributed by atoms with van der Waals surface area (Å²) in [6.45, 7) is 1.57. The molecule has 1 aliphatic heterocycles. The second kappa shape index (κ2) is 6.86. The predicted octanol–water partition coefficient (Wildman–Crippen LogP) is 0.357. The molecule has 0 aromatic carbocycles. The SMILES string of the molecule is CN(C)C1CCN(C(=O)CSCC(=O)O)CC1. The predicted molar refractivity (Wildman–Crippen MR) is 68.2 cm³/mol. The third-order valence-electron chi connectivity index (χ3n) is 3.00. The number of rotatable bonds is 5. The van der Waals surface area contributed by atoms with Gasteiger partial charge in [-0.15, -0.1) is 11.8 Å². The maximum Gasteiger partial charge on any atom is 0.313 e. The van der Waals surface area contributed by atoms with Crippen LogP contribution in [0.1, 0.15) is 12.8 Å². The van der Waals surface area contributed by atoms with Crippen molar-refractivity contribution >= 4 is 23.6 Å². The van der Waals surface area contributed by atoms with Gasteiger partial charge in [-0.3, -0.25) is 9.59 Å². The number of thioether (sulfide) groups is 1. The van der Waals surface area contributed by atoms with Crippen LogP contribution in [0, 0.1) is 0 Å². The maximum atomic E-state index is 11.8. The van der Waals surface area contributed by atoms with Gasteiger partial charge in [-0.2, -0.15) is 0 Å². The van der Waals surface area contributed by atoms with Crippen LogP contribution in [0.5, 0.6) is 0 Å². The van der Waals surface area contributed by atoms with Gasteiger partial charge in [-0.25, -0.2) is 0 Å². The zero-order chi connectivity index (χ0) is 12.8. The van der Waals surface area contributed by atoms with Crippen LogP contribution in [-0.2, 0) is 9.59 Å². The molecule has 1 heterocycles. The Hall–Kier alpha value is -0.750. The number of hydrogen-bond acceptors (Lipinski definition) is 4. The highest BCUT2D eigenvalue weighted by atomic mass is 32.2. The Bertz CT molecular complexity index is 276. The van der Waals surface area contributed by atoms with Crippen molar-refractivity contribution in [3.05, 3.63) is 0 Å². The Morgan fingerprint density at radius 2 is 1.88 bits per heavy atom. The van der Waals surface area contributed by atoms with E-state index in [9.17, 15) is 9.59 Å². The number of hydrogen-bond donors (Lipinski definition) is 1. The van der Waals surface area contributed by atoms with Crippen molar-refractivity contribution < 1.29 is 14.7 Å². The van der Waals surface area contributed by atoms with Crippen LogP contribution in [0.25, 0.3) is 0 Å². The number of amides is 1. The fraction of sp³-hybridized carbons (Fsp3) is 0.818. The second-order valence-corrected chi connectivity index (χ2v) is 5.45. The number of likely N-dealkylation sites (tertiary alicyclic amines) is 1. The van der Waals surface area contributed by atoms with Crippen molar-refractivity contribution in [1.82, 2.24) is 9.80 Å². The summed E-state index contributed by atoms with van der Waals surface area (Å²) >= 11 is 1.17. The summed E-state index contributed by atoms with van der Waals surface area (Å²) in [4.78, 5) is 26.1. The van der Waals surface area contributed by atoms with Gasteiger partial charge in [0.2, 0.25) is 5.91 Å². The first-order valence-corrected chi connectivity index (χ1v) is 6.90. The summed E-state index contributed by atoms with van der Waals surface area (Å²) in [5, 5.41) is 8.48. The second-order valence-electron chi connectivity index (χ2n) is 4.46. The van der Waals surface area contributed by atoms with Crippen molar-refractivity contribution in [3.63, 3.8) is 0 Å². The molecule has 98 valence electrons. The lowest BCUT2D eigenvalue weighted by atomic mass is 10.0. The molecule has 1 amide bonds. The molecule has 1 saturated heterocycles. The normalized spacial score (nSPS) is 17.5. The van der Waals surface area contributed by atoms with E-state index >= 15 is 0 Å². The van der Waals surface area contributed by atoms with Gasteiger partial charge < -0.3 is 14.9 Å². The molecule has 6 heteroatoms. The summed E-state index contributed by atoms with van der Waals surface area (Å²) in [6.07, 6.45) is 2.00. The van der Waals surface area contributed by atoms with Gasteiger partial charge in [-0.05, 0) is 26.9 Å². The van der Waals surface area contributed by atoms with Crippen molar-refractivity contribution in [1.29, 1.82) is 0 Å². The zero-order valence-electron chi connectivity index (χ0n) is 10.4. The average Bonchev–Trinajstić information content (AvgIpc) is 2.28. The molecule has 0 bridgehead atoms. The topological polar surface area (TPSA) is 60.9 Å². The van der Waals surface area contributed by atoms with Gasteiger partial charge in [0.15, 0.2) is 0 Å². The molecular formula is C11H20N2O3S. The first-order chi connectivity index (χ1) is 8.00. The molecule has 0 aromatic heterocycles. The molecule has 17 heavy (non-hydrogen) atoms. The van der Waals surface area contributed by atoms with Crippen LogP contribution in [0.4, 0.5) is 0 Å². The van der Waals surface area contributed by atoms with Crippen LogP contribution in [0.3, 0.4) is 0 Å². The maximum absolute atomic E-state index is 11.8. The Morgan fingerprint density at radius 1 is 1.29 bits per heavy atom. The third-order valence-corrected chi connectivity index (χ3v) is 3.90. The molecular weight excluding hydrogens is 240 g/mol. The lowest BCUT2D eigenvalue weighted by molar-refractivity contribution is -0.133. The summed E-state index contributed by atoms with van der Waals surface area (Å²) < 4.78 is 0. The quantitative estimate of drug-likeness (QED) is 0.773. The standard InChI is InChI=1S/C11H20N2O3S/c1-12(2)9-3-5-13(6-4-9)10(14)7-17-8-11(15)16/h9H,3-8H2,1-2H3,(H,15,16). The van der Waals surface area contributed by atoms with E-state index in [0.29, 0.717) is 6.04 Å². The highest BCUT2D eigenvalue weighted by molar-refractivity contribution is 8.00. The van der Waals surface area contributed by atoms with Crippen LogP contribution < -0.4 is 0 Å². The first kappa shape index (κ1) is 14.3. The smallest absolute Gasteiger partial charge is 0.313 e.